The first-order valence-electron chi connectivity index (χ1n) is 11.7. The summed E-state index contributed by atoms with van der Waals surface area (Å²) in [6.45, 7) is 6.91. The maximum absolute atomic E-state index is 13.5. The van der Waals surface area contributed by atoms with Crippen molar-refractivity contribution >= 4 is 34.5 Å². The van der Waals surface area contributed by atoms with Crippen molar-refractivity contribution in [2.24, 2.45) is 0 Å². The Labute approximate surface area is 212 Å². The SMILES string of the molecule is CCC(=O)c1c(-c2ccc(F)cc2)oc2ccc(-c3cc(NC(=O)OC(C)(C)C)cc(C(=O)O)c3)cc12. The number of Topliss-reactive ketones (excluding diaryl/α,β-unsaturated/α-hetero) is 1. The number of carbonyl (C=O) groups excluding carboxylic acids is 2. The molecule has 1 aromatic heterocycles. The van der Waals surface area contributed by atoms with Gasteiger partial charge in [0, 0.05) is 23.1 Å². The second-order valence-electron chi connectivity index (χ2n) is 9.53. The first-order chi connectivity index (χ1) is 17.4. The molecule has 0 aliphatic heterocycles. The standard InChI is InChI=1S/C29H26FNO6/c1-5-23(32)25-22-15-17(8-11-24(22)36-26(25)16-6-9-20(30)10-7-16)18-12-19(27(33)34)14-21(13-18)31-28(35)37-29(2,3)4/h6-15H,5H2,1-4H3,(H,31,35)(H,33,34). The fraction of sp³-hybridized carbons (Fsp3) is 0.207. The molecule has 7 nitrogen and oxygen atoms in total. The summed E-state index contributed by atoms with van der Waals surface area (Å²) >= 11 is 0. The molecular formula is C29H26FNO6. The highest BCUT2D eigenvalue weighted by Gasteiger charge is 2.22. The van der Waals surface area contributed by atoms with Gasteiger partial charge >= 0.3 is 12.1 Å². The Morgan fingerprint density at radius 2 is 1.62 bits per heavy atom. The van der Waals surface area contributed by atoms with Gasteiger partial charge in [0.05, 0.1) is 11.1 Å². The fourth-order valence-corrected chi connectivity index (χ4v) is 3.95. The lowest BCUT2D eigenvalue weighted by Crippen LogP contribution is -2.27. The lowest BCUT2D eigenvalue weighted by atomic mass is 9.96. The van der Waals surface area contributed by atoms with E-state index in [1.807, 2.05) is 0 Å². The van der Waals surface area contributed by atoms with E-state index in [0.29, 0.717) is 39.0 Å². The maximum Gasteiger partial charge on any atom is 0.412 e. The summed E-state index contributed by atoms with van der Waals surface area (Å²) in [4.78, 5) is 37.0. The number of anilines is 1. The highest BCUT2D eigenvalue weighted by Crippen LogP contribution is 2.37. The Morgan fingerprint density at radius 3 is 2.24 bits per heavy atom. The van der Waals surface area contributed by atoms with Crippen LogP contribution in [-0.2, 0) is 4.74 Å². The van der Waals surface area contributed by atoms with Crippen molar-refractivity contribution in [3.8, 4) is 22.5 Å². The molecule has 0 aliphatic carbocycles. The van der Waals surface area contributed by atoms with Crippen molar-refractivity contribution in [3.63, 3.8) is 0 Å². The van der Waals surface area contributed by atoms with Gasteiger partial charge in [-0.05, 0) is 86.5 Å². The summed E-state index contributed by atoms with van der Waals surface area (Å²) in [5, 5.41) is 12.8. The molecule has 4 aromatic rings. The number of halogens is 1. The van der Waals surface area contributed by atoms with Crippen molar-refractivity contribution in [1.82, 2.24) is 0 Å². The zero-order valence-electron chi connectivity index (χ0n) is 20.8. The number of amides is 1. The first-order valence-corrected chi connectivity index (χ1v) is 11.7. The maximum atomic E-state index is 13.5. The number of ketones is 1. The highest BCUT2D eigenvalue weighted by atomic mass is 19.1. The van der Waals surface area contributed by atoms with E-state index < -0.39 is 23.5 Å². The number of ether oxygens (including phenoxy) is 1. The molecule has 0 spiro atoms. The lowest BCUT2D eigenvalue weighted by Gasteiger charge is -2.20. The Kier molecular flexibility index (Phi) is 6.85. The van der Waals surface area contributed by atoms with E-state index in [1.54, 1.807) is 64.1 Å². The molecule has 8 heteroatoms. The van der Waals surface area contributed by atoms with E-state index in [2.05, 4.69) is 5.32 Å². The molecule has 0 aliphatic rings. The molecule has 0 unspecified atom stereocenters. The Bertz CT molecular complexity index is 1510. The average molecular weight is 504 g/mol. The molecule has 1 heterocycles. The Balaban J connectivity index is 1.83. The second-order valence-corrected chi connectivity index (χ2v) is 9.53. The van der Waals surface area contributed by atoms with Crippen molar-refractivity contribution < 1.29 is 33.0 Å². The number of furan rings is 1. The summed E-state index contributed by atoms with van der Waals surface area (Å²) in [5.41, 5.74) is 1.99. The van der Waals surface area contributed by atoms with E-state index in [1.165, 1.54) is 24.3 Å². The van der Waals surface area contributed by atoms with Crippen molar-refractivity contribution in [2.45, 2.75) is 39.7 Å². The zero-order valence-corrected chi connectivity index (χ0v) is 20.8. The van der Waals surface area contributed by atoms with E-state index in [-0.39, 0.29) is 23.5 Å². The van der Waals surface area contributed by atoms with Crippen LogP contribution in [0.15, 0.2) is 65.1 Å². The number of carbonyl (C=O) groups is 3. The van der Waals surface area contributed by atoms with Crippen LogP contribution >= 0.6 is 0 Å². The van der Waals surface area contributed by atoms with Crippen LogP contribution in [0.3, 0.4) is 0 Å². The highest BCUT2D eigenvalue weighted by molar-refractivity contribution is 6.12. The van der Waals surface area contributed by atoms with Crippen LogP contribution in [0.5, 0.6) is 0 Å². The van der Waals surface area contributed by atoms with Gasteiger partial charge in [0.15, 0.2) is 5.78 Å². The third kappa shape index (κ3) is 5.69. The smallest absolute Gasteiger partial charge is 0.412 e. The topological polar surface area (TPSA) is 106 Å². The number of rotatable bonds is 6. The number of carboxylic acids is 1. The van der Waals surface area contributed by atoms with Gasteiger partial charge in [0.25, 0.3) is 0 Å². The second kappa shape index (κ2) is 9.89. The van der Waals surface area contributed by atoms with E-state index >= 15 is 0 Å². The van der Waals surface area contributed by atoms with Crippen LogP contribution in [0, 0.1) is 5.82 Å². The molecule has 2 N–H and O–H groups in total. The summed E-state index contributed by atoms with van der Waals surface area (Å²) in [5.74, 6) is -1.38. The molecule has 0 fully saturated rings. The largest absolute Gasteiger partial charge is 0.478 e. The Hall–Kier alpha value is -4.46. The lowest BCUT2D eigenvalue weighted by molar-refractivity contribution is 0.0632. The van der Waals surface area contributed by atoms with E-state index in [0.717, 1.165) is 0 Å². The van der Waals surface area contributed by atoms with Crippen LogP contribution < -0.4 is 5.32 Å². The fourth-order valence-electron chi connectivity index (χ4n) is 3.95. The number of aromatic carboxylic acids is 1. The predicted molar refractivity (Wildman–Crippen MR) is 138 cm³/mol. The number of hydrogen-bond acceptors (Lipinski definition) is 5. The third-order valence-corrected chi connectivity index (χ3v) is 5.55. The minimum atomic E-state index is -1.17. The van der Waals surface area contributed by atoms with E-state index in [9.17, 15) is 23.9 Å². The van der Waals surface area contributed by atoms with Gasteiger partial charge in [-0.1, -0.05) is 13.0 Å². The first kappa shape index (κ1) is 25.6. The van der Waals surface area contributed by atoms with Gasteiger partial charge in [0.1, 0.15) is 22.8 Å². The molecule has 190 valence electrons. The molecule has 0 bridgehead atoms. The number of fused-ring (bicyclic) bond motifs is 1. The molecule has 0 radical (unpaired) electrons. The minimum Gasteiger partial charge on any atom is -0.478 e. The number of hydrogen-bond donors (Lipinski definition) is 2. The van der Waals surface area contributed by atoms with Gasteiger partial charge in [0.2, 0.25) is 0 Å². The molecule has 3 aromatic carbocycles. The molecule has 37 heavy (non-hydrogen) atoms. The van der Waals surface area contributed by atoms with Crippen molar-refractivity contribution in [3.05, 3.63) is 77.6 Å². The Morgan fingerprint density at radius 1 is 0.946 bits per heavy atom. The van der Waals surface area contributed by atoms with Gasteiger partial charge in [-0.2, -0.15) is 0 Å². The quantitative estimate of drug-likeness (QED) is 0.263. The summed E-state index contributed by atoms with van der Waals surface area (Å²) in [6, 6.07) is 15.3. The number of carboxylic acid groups (broad SMARTS) is 1. The number of benzene rings is 3. The van der Waals surface area contributed by atoms with Gasteiger partial charge < -0.3 is 14.3 Å². The molecule has 0 saturated heterocycles. The van der Waals surface area contributed by atoms with Crippen LogP contribution in [0.4, 0.5) is 14.9 Å². The molecule has 0 atom stereocenters. The van der Waals surface area contributed by atoms with Crippen LogP contribution in [0.2, 0.25) is 0 Å². The van der Waals surface area contributed by atoms with Crippen molar-refractivity contribution in [2.75, 3.05) is 5.32 Å². The van der Waals surface area contributed by atoms with Gasteiger partial charge in [-0.3, -0.25) is 10.1 Å². The molecular weight excluding hydrogens is 477 g/mol. The molecule has 0 saturated carbocycles. The average Bonchev–Trinajstić information content (AvgIpc) is 3.21. The minimum absolute atomic E-state index is 0.0345. The van der Waals surface area contributed by atoms with Crippen LogP contribution in [0.25, 0.3) is 33.4 Å². The monoisotopic (exact) mass is 503 g/mol. The third-order valence-electron chi connectivity index (χ3n) is 5.55. The molecule has 4 rings (SSSR count). The normalized spacial score (nSPS) is 11.4. The zero-order chi connectivity index (χ0) is 26.9. The summed E-state index contributed by atoms with van der Waals surface area (Å²) in [6.07, 6.45) is -0.489. The van der Waals surface area contributed by atoms with Crippen LogP contribution in [-0.4, -0.2) is 28.6 Å². The summed E-state index contributed by atoms with van der Waals surface area (Å²) < 4.78 is 24.8. The number of nitrogens with one attached hydrogen (secondary N) is 1. The van der Waals surface area contributed by atoms with E-state index in [4.69, 9.17) is 9.15 Å². The van der Waals surface area contributed by atoms with Gasteiger partial charge in [-0.25, -0.2) is 14.0 Å². The van der Waals surface area contributed by atoms with Crippen LogP contribution in [0.1, 0.15) is 54.8 Å². The van der Waals surface area contributed by atoms with Gasteiger partial charge in [-0.15, -0.1) is 0 Å². The molecule has 1 amide bonds. The van der Waals surface area contributed by atoms with Crippen molar-refractivity contribution in [1.29, 1.82) is 0 Å². The predicted octanol–water partition coefficient (Wildman–Crippen LogP) is 7.54. The summed E-state index contributed by atoms with van der Waals surface area (Å²) in [7, 11) is 0.